The third-order valence-corrected chi connectivity index (χ3v) is 4.91. The Morgan fingerprint density at radius 3 is 1.83 bits per heavy atom. The maximum atomic E-state index is 13.1. The van der Waals surface area contributed by atoms with Crippen molar-refractivity contribution in [1.29, 1.82) is 0 Å². The van der Waals surface area contributed by atoms with Gasteiger partial charge >= 0.3 is 0 Å². The Hall–Kier alpha value is -3.60. The number of hydrogen-bond acceptors (Lipinski definition) is 3. The van der Waals surface area contributed by atoms with Crippen LogP contribution < -0.4 is 15.4 Å². The zero-order chi connectivity index (χ0) is 21.3. The summed E-state index contributed by atoms with van der Waals surface area (Å²) in [6.45, 7) is 2.07. The molecule has 0 aliphatic carbocycles. The molecule has 0 aliphatic rings. The van der Waals surface area contributed by atoms with Crippen molar-refractivity contribution in [1.82, 2.24) is 10.6 Å². The first kappa shape index (κ1) is 21.1. The van der Waals surface area contributed by atoms with Gasteiger partial charge in [0.1, 0.15) is 11.8 Å². The van der Waals surface area contributed by atoms with Gasteiger partial charge in [0, 0.05) is 6.54 Å². The Bertz CT molecular complexity index is 917. The number of amides is 2. The number of methoxy groups -OCH3 is 1. The molecule has 3 aromatic carbocycles. The van der Waals surface area contributed by atoms with Gasteiger partial charge < -0.3 is 15.4 Å². The van der Waals surface area contributed by atoms with Crippen LogP contribution in [0.4, 0.5) is 0 Å². The number of carbonyl (C=O) groups excluding carboxylic acids is 2. The van der Waals surface area contributed by atoms with Crippen LogP contribution in [0.5, 0.6) is 5.75 Å². The molecule has 0 unspecified atom stereocenters. The van der Waals surface area contributed by atoms with E-state index in [0.29, 0.717) is 6.54 Å². The number of carbonyl (C=O) groups is 2. The quantitative estimate of drug-likeness (QED) is 0.604. The zero-order valence-corrected chi connectivity index (χ0v) is 17.2. The predicted molar refractivity (Wildman–Crippen MR) is 117 cm³/mol. The Morgan fingerprint density at radius 1 is 0.800 bits per heavy atom. The maximum Gasteiger partial charge on any atom is 0.242 e. The molecule has 2 N–H and O–H groups in total. The first-order valence-electron chi connectivity index (χ1n) is 9.89. The third kappa shape index (κ3) is 5.47. The number of hydrogen-bond donors (Lipinski definition) is 2. The lowest BCUT2D eigenvalue weighted by Crippen LogP contribution is -2.46. The van der Waals surface area contributed by atoms with E-state index in [9.17, 15) is 9.59 Å². The van der Waals surface area contributed by atoms with E-state index in [1.807, 2.05) is 84.9 Å². The van der Waals surface area contributed by atoms with E-state index < -0.39 is 12.0 Å². The second-order valence-electron chi connectivity index (χ2n) is 7.05. The molecule has 0 radical (unpaired) electrons. The molecule has 3 rings (SSSR count). The fourth-order valence-corrected chi connectivity index (χ4v) is 3.23. The van der Waals surface area contributed by atoms with Crippen molar-refractivity contribution in [2.75, 3.05) is 7.11 Å². The van der Waals surface area contributed by atoms with Crippen LogP contribution in [0.25, 0.3) is 0 Å². The second kappa shape index (κ2) is 10.3. The van der Waals surface area contributed by atoms with Crippen molar-refractivity contribution in [2.45, 2.75) is 25.4 Å². The molecule has 0 bridgehead atoms. The number of nitrogens with one attached hydrogen (secondary N) is 2. The first-order chi connectivity index (χ1) is 14.6. The summed E-state index contributed by atoms with van der Waals surface area (Å²) in [6, 6.07) is 26.0. The number of rotatable bonds is 8. The number of benzene rings is 3. The molecule has 0 heterocycles. The molecule has 3 aromatic rings. The van der Waals surface area contributed by atoms with Gasteiger partial charge in [-0.25, -0.2) is 0 Å². The smallest absolute Gasteiger partial charge is 0.242 e. The highest BCUT2D eigenvalue weighted by Crippen LogP contribution is 2.24. The summed E-state index contributed by atoms with van der Waals surface area (Å²) < 4.78 is 5.14. The standard InChI is InChI=1S/C25H26N2O3/c1-18(24(28)26-17-19-13-15-22(30-2)16-14-19)27-25(29)23(20-9-5-3-6-10-20)21-11-7-4-8-12-21/h3-16,18,23H,17H2,1-2H3,(H,26,28)(H,27,29)/t18-/m0/s1. The Labute approximate surface area is 177 Å². The summed E-state index contributed by atoms with van der Waals surface area (Å²) in [6.07, 6.45) is 0. The molecule has 5 heteroatoms. The molecular formula is C25H26N2O3. The van der Waals surface area contributed by atoms with Crippen LogP contribution in [0, 0.1) is 0 Å². The van der Waals surface area contributed by atoms with Gasteiger partial charge in [0.15, 0.2) is 0 Å². The van der Waals surface area contributed by atoms with Crippen LogP contribution in [0.1, 0.15) is 29.5 Å². The highest BCUT2D eigenvalue weighted by Gasteiger charge is 2.25. The molecule has 30 heavy (non-hydrogen) atoms. The van der Waals surface area contributed by atoms with Crippen LogP contribution in [0.15, 0.2) is 84.9 Å². The van der Waals surface area contributed by atoms with E-state index in [-0.39, 0.29) is 11.8 Å². The van der Waals surface area contributed by atoms with Crippen molar-refractivity contribution < 1.29 is 14.3 Å². The number of ether oxygens (including phenoxy) is 1. The molecule has 0 saturated carbocycles. The predicted octanol–water partition coefficient (Wildman–Crippen LogP) is 3.65. The zero-order valence-electron chi connectivity index (χ0n) is 17.2. The van der Waals surface area contributed by atoms with Crippen LogP contribution in [0.2, 0.25) is 0 Å². The van der Waals surface area contributed by atoms with Crippen molar-refractivity contribution in [3.63, 3.8) is 0 Å². The van der Waals surface area contributed by atoms with Crippen LogP contribution >= 0.6 is 0 Å². The van der Waals surface area contributed by atoms with Crippen molar-refractivity contribution in [3.8, 4) is 5.75 Å². The molecule has 1 atom stereocenters. The van der Waals surface area contributed by atoms with E-state index in [2.05, 4.69) is 10.6 Å². The molecular weight excluding hydrogens is 376 g/mol. The minimum atomic E-state index is -0.661. The normalized spacial score (nSPS) is 11.6. The van der Waals surface area contributed by atoms with Gasteiger partial charge in [-0.3, -0.25) is 9.59 Å². The molecule has 0 fully saturated rings. The van der Waals surface area contributed by atoms with E-state index in [0.717, 1.165) is 22.4 Å². The minimum absolute atomic E-state index is 0.209. The average molecular weight is 402 g/mol. The molecule has 0 aliphatic heterocycles. The summed E-state index contributed by atoms with van der Waals surface area (Å²) in [4.78, 5) is 25.6. The van der Waals surface area contributed by atoms with Gasteiger partial charge in [0.25, 0.3) is 0 Å². The SMILES string of the molecule is COc1ccc(CNC(=O)[C@H](C)NC(=O)C(c2ccccc2)c2ccccc2)cc1. The van der Waals surface area contributed by atoms with E-state index in [1.54, 1.807) is 14.0 Å². The molecule has 2 amide bonds. The topological polar surface area (TPSA) is 67.4 Å². The summed E-state index contributed by atoms with van der Waals surface area (Å²) in [5, 5.41) is 5.73. The molecule has 0 saturated heterocycles. The summed E-state index contributed by atoms with van der Waals surface area (Å²) in [5.41, 5.74) is 2.72. The van der Waals surface area contributed by atoms with Gasteiger partial charge in [-0.15, -0.1) is 0 Å². The lowest BCUT2D eigenvalue weighted by molar-refractivity contribution is -0.129. The van der Waals surface area contributed by atoms with Crippen molar-refractivity contribution in [3.05, 3.63) is 102 Å². The van der Waals surface area contributed by atoms with Gasteiger partial charge in [-0.2, -0.15) is 0 Å². The molecule has 154 valence electrons. The minimum Gasteiger partial charge on any atom is -0.497 e. The van der Waals surface area contributed by atoms with Gasteiger partial charge in [-0.05, 0) is 35.7 Å². The molecule has 0 spiro atoms. The maximum absolute atomic E-state index is 13.1. The second-order valence-corrected chi connectivity index (χ2v) is 7.05. The Morgan fingerprint density at radius 2 is 1.33 bits per heavy atom. The van der Waals surface area contributed by atoms with E-state index in [4.69, 9.17) is 4.74 Å². The molecule has 0 aromatic heterocycles. The molecule has 5 nitrogen and oxygen atoms in total. The van der Waals surface area contributed by atoms with E-state index in [1.165, 1.54) is 0 Å². The lowest BCUT2D eigenvalue weighted by Gasteiger charge is -2.21. The third-order valence-electron chi connectivity index (χ3n) is 4.91. The van der Waals surface area contributed by atoms with Crippen LogP contribution in [0.3, 0.4) is 0 Å². The fraction of sp³-hybridized carbons (Fsp3) is 0.200. The van der Waals surface area contributed by atoms with Crippen LogP contribution in [-0.4, -0.2) is 25.0 Å². The van der Waals surface area contributed by atoms with Gasteiger partial charge in [0.05, 0.1) is 13.0 Å². The Balaban J connectivity index is 1.65. The average Bonchev–Trinajstić information content (AvgIpc) is 2.79. The van der Waals surface area contributed by atoms with Crippen molar-refractivity contribution >= 4 is 11.8 Å². The highest BCUT2D eigenvalue weighted by atomic mass is 16.5. The van der Waals surface area contributed by atoms with Gasteiger partial charge in [-0.1, -0.05) is 72.8 Å². The highest BCUT2D eigenvalue weighted by molar-refractivity contribution is 5.92. The van der Waals surface area contributed by atoms with E-state index >= 15 is 0 Å². The Kier molecular flexibility index (Phi) is 7.22. The fourth-order valence-electron chi connectivity index (χ4n) is 3.23. The lowest BCUT2D eigenvalue weighted by atomic mass is 9.90. The van der Waals surface area contributed by atoms with Crippen LogP contribution in [-0.2, 0) is 16.1 Å². The van der Waals surface area contributed by atoms with Crippen molar-refractivity contribution in [2.24, 2.45) is 0 Å². The monoisotopic (exact) mass is 402 g/mol. The summed E-state index contributed by atoms with van der Waals surface area (Å²) in [5.74, 6) is -0.165. The summed E-state index contributed by atoms with van der Waals surface area (Å²) >= 11 is 0. The summed E-state index contributed by atoms with van der Waals surface area (Å²) in [7, 11) is 1.61. The largest absolute Gasteiger partial charge is 0.497 e. The first-order valence-corrected chi connectivity index (χ1v) is 9.89. The van der Waals surface area contributed by atoms with Gasteiger partial charge in [0.2, 0.25) is 11.8 Å².